The van der Waals surface area contributed by atoms with E-state index < -0.39 is 0 Å². The molecule has 3 heteroatoms. The normalized spacial score (nSPS) is 19.7. The van der Waals surface area contributed by atoms with Crippen LogP contribution in [0.25, 0.3) is 0 Å². The van der Waals surface area contributed by atoms with Crippen LogP contribution in [0.2, 0.25) is 0 Å². The molecule has 2 rings (SSSR count). The molecular weight excluding hydrogens is 189 g/mol. The lowest BCUT2D eigenvalue weighted by molar-refractivity contribution is 0.582. The van der Waals surface area contributed by atoms with Crippen molar-refractivity contribution in [2.24, 2.45) is 5.92 Å². The maximum Gasteiger partial charge on any atom is 0.123 e. The lowest BCUT2D eigenvalue weighted by Crippen LogP contribution is -2.20. The number of nitrogens with one attached hydrogen (secondary N) is 1. The van der Waals surface area contributed by atoms with Gasteiger partial charge >= 0.3 is 0 Å². The molecule has 1 aliphatic heterocycles. The average molecular weight is 202 g/mol. The van der Waals surface area contributed by atoms with E-state index in [1.54, 1.807) is 6.07 Å². The quantitative estimate of drug-likeness (QED) is 0.681. The summed E-state index contributed by atoms with van der Waals surface area (Å²) in [5, 5.41) is 3.27. The average Bonchev–Trinajstić information content (AvgIpc) is 2.03. The molecular formula is C10H13ClFN. The van der Waals surface area contributed by atoms with Crippen LogP contribution >= 0.6 is 12.4 Å². The maximum atomic E-state index is 12.8. The second kappa shape index (κ2) is 3.97. The third-order valence-corrected chi connectivity index (χ3v) is 2.28. The molecule has 1 aromatic carbocycles. The molecule has 0 aliphatic carbocycles. The molecule has 1 atom stereocenters. The zero-order chi connectivity index (χ0) is 8.55. The monoisotopic (exact) mass is 201 g/mol. The Morgan fingerprint density at radius 1 is 1.46 bits per heavy atom. The van der Waals surface area contributed by atoms with Crippen molar-refractivity contribution in [3.05, 3.63) is 29.6 Å². The van der Waals surface area contributed by atoms with Crippen LogP contribution in [-0.4, -0.2) is 6.54 Å². The molecule has 0 fully saturated rings. The van der Waals surface area contributed by atoms with Crippen molar-refractivity contribution in [1.82, 2.24) is 0 Å². The van der Waals surface area contributed by atoms with E-state index in [0.29, 0.717) is 5.92 Å². The Morgan fingerprint density at radius 3 is 3.00 bits per heavy atom. The van der Waals surface area contributed by atoms with E-state index >= 15 is 0 Å². The highest BCUT2D eigenvalue weighted by Gasteiger charge is 2.14. The minimum Gasteiger partial charge on any atom is -0.385 e. The van der Waals surface area contributed by atoms with Crippen LogP contribution in [0.3, 0.4) is 0 Å². The fourth-order valence-corrected chi connectivity index (χ4v) is 1.64. The Labute approximate surface area is 83.8 Å². The van der Waals surface area contributed by atoms with Gasteiger partial charge < -0.3 is 5.32 Å². The predicted molar refractivity (Wildman–Crippen MR) is 55.0 cm³/mol. The molecule has 0 saturated heterocycles. The van der Waals surface area contributed by atoms with Crippen LogP contribution in [0, 0.1) is 11.7 Å². The van der Waals surface area contributed by atoms with Gasteiger partial charge in [-0.15, -0.1) is 12.4 Å². The lowest BCUT2D eigenvalue weighted by Gasteiger charge is -2.22. The summed E-state index contributed by atoms with van der Waals surface area (Å²) in [6, 6.07) is 4.94. The van der Waals surface area contributed by atoms with Gasteiger partial charge in [0.25, 0.3) is 0 Å². The van der Waals surface area contributed by atoms with Crippen molar-refractivity contribution in [3.63, 3.8) is 0 Å². The van der Waals surface area contributed by atoms with Crippen LogP contribution in [-0.2, 0) is 6.42 Å². The predicted octanol–water partition coefficient (Wildman–Crippen LogP) is 2.85. The highest BCUT2D eigenvalue weighted by Crippen LogP contribution is 2.24. The molecule has 0 radical (unpaired) electrons. The summed E-state index contributed by atoms with van der Waals surface area (Å²) in [7, 11) is 0. The second-order valence-corrected chi connectivity index (χ2v) is 3.49. The van der Waals surface area contributed by atoms with Crippen LogP contribution < -0.4 is 5.32 Å². The standard InChI is InChI=1S/C10H12FN.ClH/c1-7-4-8-5-9(11)2-3-10(8)12-6-7;/h2-3,5,7,12H,4,6H2,1H3;1H. The van der Waals surface area contributed by atoms with Gasteiger partial charge in [-0.3, -0.25) is 0 Å². The maximum absolute atomic E-state index is 12.8. The van der Waals surface area contributed by atoms with Crippen molar-refractivity contribution in [1.29, 1.82) is 0 Å². The van der Waals surface area contributed by atoms with E-state index in [-0.39, 0.29) is 18.2 Å². The lowest BCUT2D eigenvalue weighted by atomic mass is 9.96. The van der Waals surface area contributed by atoms with E-state index in [2.05, 4.69) is 12.2 Å². The van der Waals surface area contributed by atoms with Crippen molar-refractivity contribution in [3.8, 4) is 0 Å². The summed E-state index contributed by atoms with van der Waals surface area (Å²) in [5.74, 6) is 0.476. The Bertz CT molecular complexity index is 301. The summed E-state index contributed by atoms with van der Waals surface area (Å²) < 4.78 is 12.8. The molecule has 1 unspecified atom stereocenters. The topological polar surface area (TPSA) is 12.0 Å². The molecule has 1 N–H and O–H groups in total. The zero-order valence-corrected chi connectivity index (χ0v) is 8.33. The number of hydrogen-bond donors (Lipinski definition) is 1. The first kappa shape index (κ1) is 10.3. The van der Waals surface area contributed by atoms with Crippen molar-refractivity contribution < 1.29 is 4.39 Å². The fraction of sp³-hybridized carbons (Fsp3) is 0.400. The van der Waals surface area contributed by atoms with Gasteiger partial charge in [0.1, 0.15) is 5.82 Å². The zero-order valence-electron chi connectivity index (χ0n) is 7.51. The molecule has 1 aromatic rings. The Kier molecular flexibility index (Phi) is 3.15. The van der Waals surface area contributed by atoms with E-state index in [9.17, 15) is 4.39 Å². The van der Waals surface area contributed by atoms with Crippen LogP contribution in [0.4, 0.5) is 10.1 Å². The fourth-order valence-electron chi connectivity index (χ4n) is 1.64. The first-order valence-corrected chi connectivity index (χ1v) is 4.28. The van der Waals surface area contributed by atoms with Crippen LogP contribution in [0.1, 0.15) is 12.5 Å². The van der Waals surface area contributed by atoms with Gasteiger partial charge in [0.05, 0.1) is 0 Å². The molecule has 1 heterocycles. The molecule has 0 saturated carbocycles. The highest BCUT2D eigenvalue weighted by atomic mass is 35.5. The number of benzene rings is 1. The number of anilines is 1. The number of fused-ring (bicyclic) bond motifs is 1. The van der Waals surface area contributed by atoms with Crippen molar-refractivity contribution >= 4 is 18.1 Å². The minimum atomic E-state index is -0.135. The summed E-state index contributed by atoms with van der Waals surface area (Å²) in [5.41, 5.74) is 2.20. The van der Waals surface area contributed by atoms with Gasteiger partial charge in [-0.05, 0) is 36.1 Å². The van der Waals surface area contributed by atoms with E-state index in [1.807, 2.05) is 6.07 Å². The van der Waals surface area contributed by atoms with Crippen LogP contribution in [0.15, 0.2) is 18.2 Å². The summed E-state index contributed by atoms with van der Waals surface area (Å²) in [6.45, 7) is 3.17. The molecule has 0 amide bonds. The largest absolute Gasteiger partial charge is 0.385 e. The van der Waals surface area contributed by atoms with Gasteiger partial charge in [0.15, 0.2) is 0 Å². The molecule has 13 heavy (non-hydrogen) atoms. The smallest absolute Gasteiger partial charge is 0.123 e. The van der Waals surface area contributed by atoms with E-state index in [0.717, 1.165) is 24.2 Å². The van der Waals surface area contributed by atoms with E-state index in [4.69, 9.17) is 0 Å². The minimum absolute atomic E-state index is 0. The number of hydrogen-bond acceptors (Lipinski definition) is 1. The molecule has 0 spiro atoms. The Balaban J connectivity index is 0.000000845. The second-order valence-electron chi connectivity index (χ2n) is 3.49. The van der Waals surface area contributed by atoms with Gasteiger partial charge in [-0.25, -0.2) is 4.39 Å². The molecule has 72 valence electrons. The Hall–Kier alpha value is -0.760. The van der Waals surface area contributed by atoms with Gasteiger partial charge in [0, 0.05) is 12.2 Å². The molecule has 0 aromatic heterocycles. The third-order valence-electron chi connectivity index (χ3n) is 2.28. The third kappa shape index (κ3) is 2.13. The Morgan fingerprint density at radius 2 is 2.23 bits per heavy atom. The van der Waals surface area contributed by atoms with Gasteiger partial charge in [-0.1, -0.05) is 6.92 Å². The highest BCUT2D eigenvalue weighted by molar-refractivity contribution is 5.85. The number of rotatable bonds is 0. The summed E-state index contributed by atoms with van der Waals surface area (Å²) in [6.07, 6.45) is 0.986. The molecule has 1 nitrogen and oxygen atoms in total. The van der Waals surface area contributed by atoms with E-state index in [1.165, 1.54) is 6.07 Å². The molecule has 1 aliphatic rings. The van der Waals surface area contributed by atoms with Gasteiger partial charge in [-0.2, -0.15) is 0 Å². The van der Waals surface area contributed by atoms with Crippen molar-refractivity contribution in [2.75, 3.05) is 11.9 Å². The summed E-state index contributed by atoms with van der Waals surface area (Å²) >= 11 is 0. The first-order valence-electron chi connectivity index (χ1n) is 4.28. The molecule has 0 bridgehead atoms. The van der Waals surface area contributed by atoms with Crippen molar-refractivity contribution in [2.45, 2.75) is 13.3 Å². The summed E-state index contributed by atoms with van der Waals surface area (Å²) in [4.78, 5) is 0. The van der Waals surface area contributed by atoms with Gasteiger partial charge in [0.2, 0.25) is 0 Å². The first-order chi connectivity index (χ1) is 5.75. The SMILES string of the molecule is CC1CNc2ccc(F)cc2C1.Cl. The number of halogens is 2. The van der Waals surface area contributed by atoms with Crippen LogP contribution in [0.5, 0.6) is 0 Å².